The molecule has 9 heteroatoms. The fourth-order valence-electron chi connectivity index (χ4n) is 1.66. The number of carbonyl (C=O) groups is 2. The molecule has 0 amide bonds. The maximum absolute atomic E-state index is 11.6. The molecular weight excluding hydrogens is 294 g/mol. The molecule has 0 fully saturated rings. The van der Waals surface area contributed by atoms with Crippen LogP contribution < -0.4 is 5.32 Å². The van der Waals surface area contributed by atoms with E-state index in [4.69, 9.17) is 0 Å². The first-order chi connectivity index (χ1) is 10.1. The van der Waals surface area contributed by atoms with Crippen LogP contribution >= 0.6 is 11.3 Å². The first-order valence-electron chi connectivity index (χ1n) is 6.30. The molecule has 0 aliphatic rings. The van der Waals surface area contributed by atoms with Gasteiger partial charge in [-0.2, -0.15) is 0 Å². The Morgan fingerprint density at radius 1 is 1.48 bits per heavy atom. The molecule has 1 N–H and O–H groups in total. The van der Waals surface area contributed by atoms with E-state index < -0.39 is 5.97 Å². The van der Waals surface area contributed by atoms with E-state index in [1.807, 2.05) is 0 Å². The van der Waals surface area contributed by atoms with Gasteiger partial charge in [-0.05, 0) is 6.42 Å². The van der Waals surface area contributed by atoms with Crippen molar-refractivity contribution in [3.8, 4) is 0 Å². The molecule has 2 heterocycles. The van der Waals surface area contributed by atoms with Crippen LogP contribution in [0.25, 0.3) is 0 Å². The summed E-state index contributed by atoms with van der Waals surface area (Å²) in [6, 6.07) is 0. The molecule has 0 bridgehead atoms. The lowest BCUT2D eigenvalue weighted by Crippen LogP contribution is -2.08. The summed E-state index contributed by atoms with van der Waals surface area (Å²) >= 11 is 1.15. The summed E-state index contributed by atoms with van der Waals surface area (Å²) in [5.74, 6) is -0.810. The van der Waals surface area contributed by atoms with Crippen molar-refractivity contribution in [3.63, 3.8) is 0 Å². The summed E-state index contributed by atoms with van der Waals surface area (Å²) in [5.41, 5.74) is 0.0637. The smallest absolute Gasteiger partial charge is 0.358 e. The number of nitrogens with zero attached hydrogens (tertiary/aromatic N) is 4. The van der Waals surface area contributed by atoms with E-state index in [0.29, 0.717) is 16.6 Å². The fourth-order valence-corrected chi connectivity index (χ4v) is 2.53. The van der Waals surface area contributed by atoms with Crippen LogP contribution in [0.15, 0.2) is 12.4 Å². The van der Waals surface area contributed by atoms with E-state index in [2.05, 4.69) is 25.3 Å². The van der Waals surface area contributed by atoms with Crippen LogP contribution in [-0.4, -0.2) is 45.4 Å². The third-order valence-corrected chi connectivity index (χ3v) is 3.75. The normalized spacial score (nSPS) is 10.4. The summed E-state index contributed by atoms with van der Waals surface area (Å²) in [6.07, 6.45) is 4.22. The number of Topliss-reactive ketones (excluding diaryl/α,β-unsaturated/α-hetero) is 1. The van der Waals surface area contributed by atoms with Crippen LogP contribution in [0, 0.1) is 0 Å². The number of ketones is 1. The number of esters is 1. The maximum Gasteiger partial charge on any atom is 0.358 e. The van der Waals surface area contributed by atoms with Crippen molar-refractivity contribution in [2.75, 3.05) is 19.0 Å². The van der Waals surface area contributed by atoms with E-state index >= 15 is 0 Å². The Morgan fingerprint density at radius 3 is 2.90 bits per heavy atom. The molecule has 0 atom stereocenters. The Balaban J connectivity index is 1.94. The molecule has 2 aromatic rings. The molecule has 0 saturated carbocycles. The van der Waals surface area contributed by atoms with Gasteiger partial charge in [-0.15, -0.1) is 5.10 Å². The summed E-state index contributed by atoms with van der Waals surface area (Å²) in [5, 5.41) is 11.2. The standard InChI is InChI=1S/C12H15N5O3S/c1-8(18)10-9(11(19)20-2)15-12(21-10)13-4-3-6-17-7-5-14-16-17/h5,7H,3-4,6H2,1-2H3,(H,13,15). The highest BCUT2D eigenvalue weighted by atomic mass is 32.1. The topological polar surface area (TPSA) is 99.0 Å². The maximum atomic E-state index is 11.6. The van der Waals surface area contributed by atoms with E-state index in [1.54, 1.807) is 17.1 Å². The van der Waals surface area contributed by atoms with Crippen LogP contribution in [0.2, 0.25) is 0 Å². The quantitative estimate of drug-likeness (QED) is 0.466. The minimum Gasteiger partial charge on any atom is -0.464 e. The van der Waals surface area contributed by atoms with Gasteiger partial charge in [0.1, 0.15) is 4.88 Å². The second-order valence-corrected chi connectivity index (χ2v) is 5.19. The summed E-state index contributed by atoms with van der Waals surface area (Å²) in [4.78, 5) is 27.5. The van der Waals surface area contributed by atoms with Gasteiger partial charge in [-0.1, -0.05) is 16.6 Å². The highest BCUT2D eigenvalue weighted by Gasteiger charge is 2.21. The first kappa shape index (κ1) is 15.1. The van der Waals surface area contributed by atoms with E-state index in [9.17, 15) is 9.59 Å². The highest BCUT2D eigenvalue weighted by molar-refractivity contribution is 7.17. The van der Waals surface area contributed by atoms with Gasteiger partial charge >= 0.3 is 5.97 Å². The van der Waals surface area contributed by atoms with Crippen molar-refractivity contribution >= 4 is 28.2 Å². The third kappa shape index (κ3) is 3.85. The summed E-state index contributed by atoms with van der Waals surface area (Å²) < 4.78 is 6.35. The predicted octanol–water partition coefficient (Wildman–Crippen LogP) is 1.23. The molecule has 21 heavy (non-hydrogen) atoms. The Kier molecular flexibility index (Phi) is 4.99. The van der Waals surface area contributed by atoms with Crippen LogP contribution in [0.5, 0.6) is 0 Å². The lowest BCUT2D eigenvalue weighted by Gasteiger charge is -2.02. The second-order valence-electron chi connectivity index (χ2n) is 4.19. The molecule has 0 spiro atoms. The van der Waals surface area contributed by atoms with Gasteiger partial charge in [0.15, 0.2) is 16.6 Å². The Labute approximate surface area is 125 Å². The number of hydrogen-bond acceptors (Lipinski definition) is 8. The average molecular weight is 309 g/mol. The van der Waals surface area contributed by atoms with Gasteiger partial charge in [0.05, 0.1) is 13.3 Å². The molecule has 2 aromatic heterocycles. The van der Waals surface area contributed by atoms with E-state index in [1.165, 1.54) is 14.0 Å². The van der Waals surface area contributed by atoms with Gasteiger partial charge in [-0.3, -0.25) is 9.48 Å². The van der Waals surface area contributed by atoms with Crippen molar-refractivity contribution in [2.24, 2.45) is 0 Å². The highest BCUT2D eigenvalue weighted by Crippen LogP contribution is 2.24. The fraction of sp³-hybridized carbons (Fsp3) is 0.417. The molecule has 112 valence electrons. The molecule has 0 saturated heterocycles. The number of anilines is 1. The number of nitrogens with one attached hydrogen (secondary N) is 1. The van der Waals surface area contributed by atoms with Crippen molar-refractivity contribution < 1.29 is 14.3 Å². The van der Waals surface area contributed by atoms with Gasteiger partial charge in [0.25, 0.3) is 0 Å². The first-order valence-corrected chi connectivity index (χ1v) is 7.11. The van der Waals surface area contributed by atoms with Crippen molar-refractivity contribution in [1.82, 2.24) is 20.0 Å². The minimum absolute atomic E-state index is 0.0637. The Morgan fingerprint density at radius 2 is 2.29 bits per heavy atom. The van der Waals surface area contributed by atoms with Crippen LogP contribution in [0.3, 0.4) is 0 Å². The molecule has 0 aromatic carbocycles. The second kappa shape index (κ2) is 6.93. The summed E-state index contributed by atoms with van der Waals surface area (Å²) in [7, 11) is 1.26. The molecule has 0 aliphatic heterocycles. The monoisotopic (exact) mass is 309 g/mol. The molecular formula is C12H15N5O3S. The number of carbonyl (C=O) groups excluding carboxylic acids is 2. The van der Waals surface area contributed by atoms with Gasteiger partial charge < -0.3 is 10.1 Å². The number of methoxy groups -OCH3 is 1. The predicted molar refractivity (Wildman–Crippen MR) is 76.6 cm³/mol. The van der Waals surface area contributed by atoms with Crippen molar-refractivity contribution in [3.05, 3.63) is 23.0 Å². The molecule has 0 radical (unpaired) electrons. The largest absolute Gasteiger partial charge is 0.464 e. The van der Waals surface area contributed by atoms with Crippen molar-refractivity contribution in [2.45, 2.75) is 19.9 Å². The average Bonchev–Trinajstić information content (AvgIpc) is 3.12. The summed E-state index contributed by atoms with van der Waals surface area (Å²) in [6.45, 7) is 2.77. The zero-order valence-electron chi connectivity index (χ0n) is 11.7. The number of aromatic nitrogens is 4. The lowest BCUT2D eigenvalue weighted by atomic mass is 10.3. The van der Waals surface area contributed by atoms with Gasteiger partial charge in [0, 0.05) is 26.2 Å². The SMILES string of the molecule is COC(=O)c1nc(NCCCn2ccnn2)sc1C(C)=O. The van der Waals surface area contributed by atoms with E-state index in [-0.39, 0.29) is 11.5 Å². The zero-order valence-corrected chi connectivity index (χ0v) is 12.5. The third-order valence-electron chi connectivity index (χ3n) is 2.64. The number of hydrogen-bond donors (Lipinski definition) is 1. The molecule has 0 aliphatic carbocycles. The van der Waals surface area contributed by atoms with Gasteiger partial charge in [-0.25, -0.2) is 9.78 Å². The van der Waals surface area contributed by atoms with Crippen LogP contribution in [0.1, 0.15) is 33.5 Å². The lowest BCUT2D eigenvalue weighted by molar-refractivity contribution is 0.0591. The Bertz CT molecular complexity index is 623. The van der Waals surface area contributed by atoms with Crippen LogP contribution in [0.4, 0.5) is 5.13 Å². The molecule has 0 unspecified atom stereocenters. The van der Waals surface area contributed by atoms with Crippen molar-refractivity contribution in [1.29, 1.82) is 0 Å². The number of aryl methyl sites for hydroxylation is 1. The van der Waals surface area contributed by atoms with E-state index in [0.717, 1.165) is 24.3 Å². The zero-order chi connectivity index (χ0) is 15.2. The minimum atomic E-state index is -0.605. The number of rotatable bonds is 7. The molecule has 8 nitrogen and oxygen atoms in total. The number of ether oxygens (including phenoxy) is 1. The number of thiazole rings is 1. The van der Waals surface area contributed by atoms with Crippen LogP contribution in [-0.2, 0) is 11.3 Å². The molecule has 2 rings (SSSR count). The Hall–Kier alpha value is -2.29. The van der Waals surface area contributed by atoms with Gasteiger partial charge in [0.2, 0.25) is 0 Å².